The number of hydrogen-bond donors (Lipinski definition) is 1. The molecule has 19 heavy (non-hydrogen) atoms. The van der Waals surface area contributed by atoms with Gasteiger partial charge in [0.25, 0.3) is 0 Å². The molecule has 1 fully saturated rings. The molecule has 5 heteroatoms. The summed E-state index contributed by atoms with van der Waals surface area (Å²) in [6.07, 6.45) is 5.07. The summed E-state index contributed by atoms with van der Waals surface area (Å²) >= 11 is 2.38. The third-order valence-electron chi connectivity index (χ3n) is 3.70. The number of nitrogens with zero attached hydrogens (tertiary/aromatic N) is 2. The van der Waals surface area contributed by atoms with Crippen molar-refractivity contribution in [2.24, 2.45) is 0 Å². The molecule has 1 atom stereocenters. The summed E-state index contributed by atoms with van der Waals surface area (Å²) < 4.78 is 6.55. The van der Waals surface area contributed by atoms with Crippen LogP contribution in [0.2, 0.25) is 0 Å². The van der Waals surface area contributed by atoms with Gasteiger partial charge in [0.15, 0.2) is 5.82 Å². The number of halogens is 1. The van der Waals surface area contributed by atoms with Gasteiger partial charge in [-0.25, -0.2) is 9.97 Å². The molecule has 0 aliphatic heterocycles. The van der Waals surface area contributed by atoms with Gasteiger partial charge in [-0.1, -0.05) is 12.8 Å². The maximum Gasteiger partial charge on any atom is 0.159 e. The lowest BCUT2D eigenvalue weighted by Gasteiger charge is -2.18. The predicted octanol–water partition coefficient (Wildman–Crippen LogP) is 3.88. The smallest absolute Gasteiger partial charge is 0.159 e. The highest BCUT2D eigenvalue weighted by atomic mass is 127. The molecule has 0 spiro atoms. The first-order valence-electron chi connectivity index (χ1n) is 7.01. The SMILES string of the molecule is CCNc1nc(C(C)OC)nc(C2CCCC2)c1I. The third-order valence-corrected chi connectivity index (χ3v) is 4.76. The molecule has 0 saturated heterocycles. The maximum absolute atomic E-state index is 5.37. The molecule has 1 heterocycles. The van der Waals surface area contributed by atoms with Crippen LogP contribution in [0.15, 0.2) is 0 Å². The van der Waals surface area contributed by atoms with E-state index in [0.717, 1.165) is 18.2 Å². The molecule has 1 aliphatic carbocycles. The molecule has 106 valence electrons. The minimum atomic E-state index is -0.0606. The Morgan fingerprint density at radius 1 is 1.37 bits per heavy atom. The van der Waals surface area contributed by atoms with Crippen molar-refractivity contribution in [2.45, 2.75) is 51.6 Å². The second kappa shape index (κ2) is 6.83. The maximum atomic E-state index is 5.37. The fourth-order valence-electron chi connectivity index (χ4n) is 2.52. The highest BCUT2D eigenvalue weighted by Crippen LogP contribution is 2.37. The Kier molecular flexibility index (Phi) is 5.38. The summed E-state index contributed by atoms with van der Waals surface area (Å²) in [5.41, 5.74) is 1.21. The molecule has 0 radical (unpaired) electrons. The fraction of sp³-hybridized carbons (Fsp3) is 0.714. The van der Waals surface area contributed by atoms with Crippen LogP contribution in [0.1, 0.15) is 63.1 Å². The van der Waals surface area contributed by atoms with Crippen molar-refractivity contribution in [1.29, 1.82) is 0 Å². The van der Waals surface area contributed by atoms with Gasteiger partial charge in [0, 0.05) is 19.6 Å². The van der Waals surface area contributed by atoms with Gasteiger partial charge in [0.2, 0.25) is 0 Å². The zero-order valence-corrected chi connectivity index (χ0v) is 14.0. The third kappa shape index (κ3) is 3.37. The van der Waals surface area contributed by atoms with Crippen LogP contribution in [-0.2, 0) is 4.74 Å². The molecular formula is C14H22IN3O. The molecular weight excluding hydrogens is 353 g/mol. The molecule has 0 aromatic carbocycles. The van der Waals surface area contributed by atoms with Crippen molar-refractivity contribution in [3.63, 3.8) is 0 Å². The van der Waals surface area contributed by atoms with E-state index in [0.29, 0.717) is 5.92 Å². The highest BCUT2D eigenvalue weighted by molar-refractivity contribution is 14.1. The van der Waals surface area contributed by atoms with Gasteiger partial charge in [0.05, 0.1) is 9.26 Å². The van der Waals surface area contributed by atoms with Gasteiger partial charge in [0.1, 0.15) is 11.9 Å². The summed E-state index contributed by atoms with van der Waals surface area (Å²) in [5.74, 6) is 2.34. The Hall–Kier alpha value is -0.430. The van der Waals surface area contributed by atoms with E-state index in [1.54, 1.807) is 7.11 Å². The number of methoxy groups -OCH3 is 1. The summed E-state index contributed by atoms with van der Waals surface area (Å²) in [5, 5.41) is 3.34. The average molecular weight is 375 g/mol. The van der Waals surface area contributed by atoms with E-state index in [1.807, 2.05) is 6.92 Å². The van der Waals surface area contributed by atoms with E-state index in [2.05, 4.69) is 39.8 Å². The molecule has 2 rings (SSSR count). The van der Waals surface area contributed by atoms with E-state index in [4.69, 9.17) is 9.72 Å². The number of ether oxygens (including phenoxy) is 1. The van der Waals surface area contributed by atoms with Crippen LogP contribution in [0.25, 0.3) is 0 Å². The highest BCUT2D eigenvalue weighted by Gasteiger charge is 2.24. The van der Waals surface area contributed by atoms with Crippen LogP contribution in [0, 0.1) is 3.57 Å². The fourth-order valence-corrected chi connectivity index (χ4v) is 3.40. The molecule has 1 aliphatic rings. The van der Waals surface area contributed by atoms with Gasteiger partial charge in [-0.05, 0) is 49.3 Å². The monoisotopic (exact) mass is 375 g/mol. The normalized spacial score (nSPS) is 17.7. The van der Waals surface area contributed by atoms with E-state index >= 15 is 0 Å². The van der Waals surface area contributed by atoms with Crippen molar-refractivity contribution in [1.82, 2.24) is 9.97 Å². The summed E-state index contributed by atoms with van der Waals surface area (Å²) in [7, 11) is 1.70. The van der Waals surface area contributed by atoms with Crippen LogP contribution < -0.4 is 5.32 Å². The summed E-state index contributed by atoms with van der Waals surface area (Å²) in [4.78, 5) is 9.39. The van der Waals surface area contributed by atoms with Crippen molar-refractivity contribution < 1.29 is 4.74 Å². The molecule has 1 saturated carbocycles. The quantitative estimate of drug-likeness (QED) is 0.794. The number of rotatable bonds is 5. The lowest BCUT2D eigenvalue weighted by molar-refractivity contribution is 0.112. The molecule has 4 nitrogen and oxygen atoms in total. The van der Waals surface area contributed by atoms with Crippen LogP contribution in [0.5, 0.6) is 0 Å². The number of anilines is 1. The zero-order chi connectivity index (χ0) is 13.8. The van der Waals surface area contributed by atoms with Gasteiger partial charge in [-0.2, -0.15) is 0 Å². The second-order valence-corrected chi connectivity index (χ2v) is 6.10. The van der Waals surface area contributed by atoms with Crippen molar-refractivity contribution in [3.8, 4) is 0 Å². The van der Waals surface area contributed by atoms with Crippen LogP contribution in [0.3, 0.4) is 0 Å². The van der Waals surface area contributed by atoms with Crippen molar-refractivity contribution in [2.75, 3.05) is 19.0 Å². The van der Waals surface area contributed by atoms with Gasteiger partial charge < -0.3 is 10.1 Å². The lowest BCUT2D eigenvalue weighted by Crippen LogP contribution is -2.13. The lowest BCUT2D eigenvalue weighted by atomic mass is 10.0. The van der Waals surface area contributed by atoms with E-state index < -0.39 is 0 Å². The van der Waals surface area contributed by atoms with Crippen molar-refractivity contribution in [3.05, 3.63) is 15.1 Å². The van der Waals surface area contributed by atoms with Gasteiger partial charge >= 0.3 is 0 Å². The molecule has 1 N–H and O–H groups in total. The standard InChI is InChI=1S/C14H22IN3O/c1-4-16-14-11(15)12(10-7-5-6-8-10)17-13(18-14)9(2)19-3/h9-10H,4-8H2,1-3H3,(H,16,17,18). The molecule has 1 aromatic rings. The average Bonchev–Trinajstić information content (AvgIpc) is 2.94. The second-order valence-electron chi connectivity index (χ2n) is 5.02. The minimum absolute atomic E-state index is 0.0606. The first kappa shape index (κ1) is 15.0. The van der Waals surface area contributed by atoms with Crippen LogP contribution >= 0.6 is 22.6 Å². The largest absolute Gasteiger partial charge is 0.374 e. The minimum Gasteiger partial charge on any atom is -0.374 e. The van der Waals surface area contributed by atoms with E-state index in [1.165, 1.54) is 34.9 Å². The van der Waals surface area contributed by atoms with Crippen molar-refractivity contribution >= 4 is 28.4 Å². The van der Waals surface area contributed by atoms with E-state index in [9.17, 15) is 0 Å². The summed E-state index contributed by atoms with van der Waals surface area (Å²) in [6.45, 7) is 4.96. The van der Waals surface area contributed by atoms with E-state index in [-0.39, 0.29) is 6.10 Å². The summed E-state index contributed by atoms with van der Waals surface area (Å²) in [6, 6.07) is 0. The number of nitrogens with one attached hydrogen (secondary N) is 1. The van der Waals surface area contributed by atoms with Gasteiger partial charge in [-0.3, -0.25) is 0 Å². The zero-order valence-electron chi connectivity index (χ0n) is 11.9. The number of aromatic nitrogens is 2. The molecule has 0 bridgehead atoms. The first-order valence-corrected chi connectivity index (χ1v) is 8.09. The molecule has 1 unspecified atom stereocenters. The topological polar surface area (TPSA) is 47.0 Å². The molecule has 0 amide bonds. The Balaban J connectivity index is 2.41. The Morgan fingerprint density at radius 3 is 2.63 bits per heavy atom. The van der Waals surface area contributed by atoms with Crippen LogP contribution in [-0.4, -0.2) is 23.6 Å². The Bertz CT molecular complexity index is 433. The first-order chi connectivity index (χ1) is 9.17. The Morgan fingerprint density at radius 2 is 2.05 bits per heavy atom. The predicted molar refractivity (Wildman–Crippen MR) is 85.5 cm³/mol. The van der Waals surface area contributed by atoms with Crippen LogP contribution in [0.4, 0.5) is 5.82 Å². The van der Waals surface area contributed by atoms with Gasteiger partial charge in [-0.15, -0.1) is 0 Å². The Labute approximate surface area is 128 Å². The number of hydrogen-bond acceptors (Lipinski definition) is 4. The molecule has 1 aromatic heterocycles.